The molecular weight excluding hydrogens is 447 g/mol. The van der Waals surface area contributed by atoms with E-state index < -0.39 is 0 Å². The molecule has 0 bridgehead atoms. The fraction of sp³-hybridized carbons (Fsp3) is 0.364. The summed E-state index contributed by atoms with van der Waals surface area (Å²) in [5.41, 5.74) is 1.06. The summed E-state index contributed by atoms with van der Waals surface area (Å²) >= 11 is 1.47. The molecule has 1 N–H and O–H groups in total. The van der Waals surface area contributed by atoms with Crippen molar-refractivity contribution in [3.8, 4) is 5.75 Å². The van der Waals surface area contributed by atoms with Gasteiger partial charge in [0.05, 0.1) is 0 Å². The van der Waals surface area contributed by atoms with Crippen molar-refractivity contribution in [3.05, 3.63) is 52.2 Å². The molecule has 1 atom stereocenters. The molecule has 3 aromatic rings. The Morgan fingerprint density at radius 1 is 1.21 bits per heavy atom. The molecule has 7 heteroatoms. The first-order chi connectivity index (χ1) is 14.1. The van der Waals surface area contributed by atoms with E-state index in [0.717, 1.165) is 46.2 Å². The van der Waals surface area contributed by atoms with E-state index >= 15 is 0 Å². The molecule has 2 aromatic carbocycles. The SMILES string of the molecule is CCN(CC)CC[As]C(NC=O)c1cccc2c(=O)c3cc(OC)ccc3sc12. The molecule has 1 unspecified atom stereocenters. The number of carbonyl (C=O) groups excluding carboxylic acids is 1. The number of nitrogens with zero attached hydrogens (tertiary/aromatic N) is 1. The summed E-state index contributed by atoms with van der Waals surface area (Å²) in [5.74, 6) is 0.680. The fourth-order valence-electron chi connectivity index (χ4n) is 3.39. The summed E-state index contributed by atoms with van der Waals surface area (Å²) in [4.78, 5) is 26.8. The first kappa shape index (κ1) is 21.8. The van der Waals surface area contributed by atoms with Gasteiger partial charge in [-0.3, -0.25) is 0 Å². The average Bonchev–Trinajstić information content (AvgIpc) is 2.76. The Labute approximate surface area is 181 Å². The third kappa shape index (κ3) is 4.82. The third-order valence-corrected chi connectivity index (χ3v) is 8.94. The van der Waals surface area contributed by atoms with Gasteiger partial charge < -0.3 is 0 Å². The molecule has 0 spiro atoms. The quantitative estimate of drug-likeness (QED) is 0.278. The molecule has 3 rings (SSSR count). The number of carbonyl (C=O) groups is 1. The van der Waals surface area contributed by atoms with Gasteiger partial charge >= 0.3 is 182 Å². The molecule has 1 aromatic heterocycles. The molecule has 1 amide bonds. The number of rotatable bonds is 10. The third-order valence-electron chi connectivity index (χ3n) is 5.08. The molecule has 153 valence electrons. The van der Waals surface area contributed by atoms with E-state index in [2.05, 4.69) is 24.1 Å². The Balaban J connectivity index is 2.02. The van der Waals surface area contributed by atoms with Gasteiger partial charge in [-0.2, -0.15) is 0 Å². The number of nitrogens with one attached hydrogen (secondary N) is 1. The normalized spacial score (nSPS) is 12.8. The summed E-state index contributed by atoms with van der Waals surface area (Å²) in [5, 5.41) is 5.46. The number of benzene rings is 2. The topological polar surface area (TPSA) is 58.6 Å². The van der Waals surface area contributed by atoms with Gasteiger partial charge in [-0.05, 0) is 0 Å². The van der Waals surface area contributed by atoms with E-state index in [-0.39, 0.29) is 26.0 Å². The van der Waals surface area contributed by atoms with Crippen molar-refractivity contribution < 1.29 is 9.53 Å². The molecule has 0 fully saturated rings. The second-order valence-electron chi connectivity index (χ2n) is 6.64. The summed E-state index contributed by atoms with van der Waals surface area (Å²) in [6.07, 6.45) is 0.783. The molecule has 0 saturated heterocycles. The molecule has 29 heavy (non-hydrogen) atoms. The van der Waals surface area contributed by atoms with Crippen LogP contribution in [-0.2, 0) is 4.79 Å². The van der Waals surface area contributed by atoms with Crippen molar-refractivity contribution >= 4 is 53.7 Å². The molecule has 5 nitrogen and oxygen atoms in total. The van der Waals surface area contributed by atoms with Gasteiger partial charge in [0.1, 0.15) is 0 Å². The van der Waals surface area contributed by atoms with Crippen LogP contribution in [0.25, 0.3) is 20.2 Å². The van der Waals surface area contributed by atoms with Gasteiger partial charge in [0.2, 0.25) is 0 Å². The molecular formula is C22H26AsN2O3S. The maximum absolute atomic E-state index is 13.1. The summed E-state index contributed by atoms with van der Waals surface area (Å²) < 4.78 is 7.18. The Hall–Kier alpha value is -1.88. The van der Waals surface area contributed by atoms with Crippen LogP contribution < -0.4 is 15.5 Å². The second-order valence-corrected chi connectivity index (χ2v) is 10.5. The van der Waals surface area contributed by atoms with Crippen LogP contribution in [0.3, 0.4) is 0 Å². The van der Waals surface area contributed by atoms with Crippen LogP contribution in [0, 0.1) is 0 Å². The number of ether oxygens (including phenoxy) is 1. The zero-order valence-corrected chi connectivity index (χ0v) is 19.7. The molecule has 1 heterocycles. The molecule has 0 aliphatic heterocycles. The van der Waals surface area contributed by atoms with Crippen molar-refractivity contribution in [2.45, 2.75) is 23.9 Å². The number of hydrogen-bond donors (Lipinski definition) is 1. The van der Waals surface area contributed by atoms with E-state index in [1.165, 1.54) is 0 Å². The van der Waals surface area contributed by atoms with Gasteiger partial charge in [0.15, 0.2) is 0 Å². The summed E-state index contributed by atoms with van der Waals surface area (Å²) in [7, 11) is 1.60. The fourth-order valence-corrected chi connectivity index (χ4v) is 7.37. The second kappa shape index (κ2) is 10.2. The van der Waals surface area contributed by atoms with Gasteiger partial charge in [-0.15, -0.1) is 0 Å². The van der Waals surface area contributed by atoms with Crippen molar-refractivity contribution in [1.82, 2.24) is 10.2 Å². The van der Waals surface area contributed by atoms with E-state index in [0.29, 0.717) is 16.5 Å². The van der Waals surface area contributed by atoms with Crippen LogP contribution in [0.2, 0.25) is 5.21 Å². The standard InChI is InChI=1S/C22H26AsN2O3S/c1-4-25(5-2)12-11-23-22(24-14-26)17-8-6-7-16-20(27)18-13-15(28-3)9-10-19(18)29-21(16)17/h6-10,13-14,22H,4-5,11-12H2,1-3H3,(H,24,26). The van der Waals surface area contributed by atoms with E-state index in [1.54, 1.807) is 24.5 Å². The Morgan fingerprint density at radius 3 is 2.69 bits per heavy atom. The van der Waals surface area contributed by atoms with Crippen LogP contribution in [0.5, 0.6) is 5.75 Å². The van der Waals surface area contributed by atoms with E-state index in [1.807, 2.05) is 30.3 Å². The van der Waals surface area contributed by atoms with Crippen LogP contribution in [-0.4, -0.2) is 53.8 Å². The van der Waals surface area contributed by atoms with Crippen LogP contribution in [0.4, 0.5) is 0 Å². The number of methoxy groups -OCH3 is 1. The predicted octanol–water partition coefficient (Wildman–Crippen LogP) is 3.63. The number of fused-ring (bicyclic) bond motifs is 2. The van der Waals surface area contributed by atoms with Gasteiger partial charge in [-0.25, -0.2) is 0 Å². The molecule has 0 saturated carbocycles. The van der Waals surface area contributed by atoms with E-state index in [4.69, 9.17) is 4.74 Å². The average molecular weight is 473 g/mol. The monoisotopic (exact) mass is 473 g/mol. The van der Waals surface area contributed by atoms with Crippen LogP contribution in [0.1, 0.15) is 24.2 Å². The molecule has 0 aliphatic carbocycles. The zero-order valence-electron chi connectivity index (χ0n) is 17.0. The van der Waals surface area contributed by atoms with Crippen LogP contribution >= 0.6 is 11.3 Å². The minimum absolute atomic E-state index is 0.0127. The summed E-state index contributed by atoms with van der Waals surface area (Å²) in [6.45, 7) is 7.45. The predicted molar refractivity (Wildman–Crippen MR) is 122 cm³/mol. The zero-order chi connectivity index (χ0) is 20.8. The number of amides is 1. The Kier molecular flexibility index (Phi) is 7.70. The maximum atomic E-state index is 13.1. The number of hydrogen-bond acceptors (Lipinski definition) is 5. The molecule has 0 aliphatic rings. The van der Waals surface area contributed by atoms with Crippen molar-refractivity contribution in [2.75, 3.05) is 26.7 Å². The first-order valence-corrected chi connectivity index (χ1v) is 13.0. The summed E-state index contributed by atoms with van der Waals surface area (Å²) in [6, 6.07) is 11.5. The van der Waals surface area contributed by atoms with Crippen molar-refractivity contribution in [2.24, 2.45) is 0 Å². The van der Waals surface area contributed by atoms with Gasteiger partial charge in [-0.1, -0.05) is 0 Å². The Bertz CT molecular complexity index is 1050. The van der Waals surface area contributed by atoms with Gasteiger partial charge in [0.25, 0.3) is 0 Å². The van der Waals surface area contributed by atoms with Crippen LogP contribution in [0.15, 0.2) is 41.2 Å². The van der Waals surface area contributed by atoms with Crippen molar-refractivity contribution in [1.29, 1.82) is 0 Å². The molecule has 1 radical (unpaired) electrons. The Morgan fingerprint density at radius 2 is 2.00 bits per heavy atom. The van der Waals surface area contributed by atoms with Gasteiger partial charge in [0, 0.05) is 0 Å². The minimum atomic E-state index is -0.140. The van der Waals surface area contributed by atoms with Crippen molar-refractivity contribution in [3.63, 3.8) is 0 Å². The first-order valence-electron chi connectivity index (χ1n) is 9.75. The van der Waals surface area contributed by atoms with E-state index in [9.17, 15) is 9.59 Å².